The second-order valence-electron chi connectivity index (χ2n) is 7.88. The van der Waals surface area contributed by atoms with E-state index >= 15 is 0 Å². The number of ether oxygens (including phenoxy) is 1. The number of phenols is 1. The van der Waals surface area contributed by atoms with E-state index in [1.54, 1.807) is 26.2 Å². The number of hydrogen-bond acceptors (Lipinski definition) is 3. The van der Waals surface area contributed by atoms with Crippen LogP contribution in [-0.4, -0.2) is 42.9 Å². The number of quaternary nitrogens is 1. The summed E-state index contributed by atoms with van der Waals surface area (Å²) in [5.41, 5.74) is 5.35. The van der Waals surface area contributed by atoms with Gasteiger partial charge in [-0.25, -0.2) is 0 Å². The van der Waals surface area contributed by atoms with Crippen LogP contribution >= 0.6 is 11.6 Å². The van der Waals surface area contributed by atoms with Crippen LogP contribution in [0.1, 0.15) is 23.1 Å². The average Bonchev–Trinajstić information content (AvgIpc) is 2.75. The fraction of sp³-hybridized carbons (Fsp3) is 0.231. The zero-order valence-corrected chi connectivity index (χ0v) is 18.7. The highest BCUT2D eigenvalue weighted by molar-refractivity contribution is 6.18. The third kappa shape index (κ3) is 6.59. The first-order valence-electron chi connectivity index (χ1n) is 10.3. The number of benzene rings is 3. The van der Waals surface area contributed by atoms with Gasteiger partial charge in [-0.2, -0.15) is 0 Å². The van der Waals surface area contributed by atoms with Gasteiger partial charge in [-0.15, -0.1) is 11.6 Å². The first-order valence-corrected chi connectivity index (χ1v) is 10.8. The standard InChI is InChI=1S/C26H28ClNO3/c1-28(2,30)18-19-31-24-14-10-22(11-15-24)26(21-8-12-23(29)13-9-21)25(16-17-27)20-6-4-3-5-7-20/h3-15,29H,16-19H2,1-2H3/b26-25-. The SMILES string of the molecule is C[N+](C)([O-])CCOc1ccc(/C(=C(/CCCl)c2ccccc2)c2ccc(O)cc2)cc1. The molecule has 0 saturated carbocycles. The number of hydroxylamine groups is 3. The maximum atomic E-state index is 11.7. The van der Waals surface area contributed by atoms with Gasteiger partial charge in [0.25, 0.3) is 0 Å². The van der Waals surface area contributed by atoms with Gasteiger partial charge in [-0.05, 0) is 58.5 Å². The van der Waals surface area contributed by atoms with Crippen LogP contribution in [0.25, 0.3) is 11.1 Å². The van der Waals surface area contributed by atoms with Crippen LogP contribution < -0.4 is 4.74 Å². The number of phenolic OH excluding ortho intramolecular Hbond substituents is 1. The lowest BCUT2D eigenvalue weighted by atomic mass is 9.88. The van der Waals surface area contributed by atoms with Crippen molar-refractivity contribution in [1.29, 1.82) is 0 Å². The van der Waals surface area contributed by atoms with Crippen molar-refractivity contribution >= 4 is 22.7 Å². The highest BCUT2D eigenvalue weighted by Crippen LogP contribution is 2.35. The zero-order chi connectivity index (χ0) is 22.3. The summed E-state index contributed by atoms with van der Waals surface area (Å²) in [6, 6.07) is 25.3. The summed E-state index contributed by atoms with van der Waals surface area (Å²) >= 11 is 6.19. The van der Waals surface area contributed by atoms with Crippen LogP contribution in [0.5, 0.6) is 11.5 Å². The van der Waals surface area contributed by atoms with E-state index in [-0.39, 0.29) is 10.4 Å². The lowest BCUT2D eigenvalue weighted by Gasteiger charge is -2.33. The lowest BCUT2D eigenvalue weighted by Crippen LogP contribution is -2.36. The van der Waals surface area contributed by atoms with Gasteiger partial charge in [0.2, 0.25) is 0 Å². The van der Waals surface area contributed by atoms with Crippen LogP contribution in [0, 0.1) is 5.21 Å². The molecule has 4 nitrogen and oxygen atoms in total. The first kappa shape index (κ1) is 22.9. The van der Waals surface area contributed by atoms with Crippen molar-refractivity contribution in [2.75, 3.05) is 33.1 Å². The Morgan fingerprint density at radius 2 is 1.45 bits per heavy atom. The van der Waals surface area contributed by atoms with E-state index in [0.717, 1.165) is 33.6 Å². The predicted octanol–water partition coefficient (Wildman–Crippen LogP) is 5.93. The van der Waals surface area contributed by atoms with Gasteiger partial charge in [0.05, 0.1) is 14.1 Å². The summed E-state index contributed by atoms with van der Waals surface area (Å²) in [4.78, 5) is 0. The van der Waals surface area contributed by atoms with Crippen molar-refractivity contribution in [1.82, 2.24) is 0 Å². The van der Waals surface area contributed by atoms with Crippen molar-refractivity contribution in [3.8, 4) is 11.5 Å². The predicted molar refractivity (Wildman–Crippen MR) is 128 cm³/mol. The molecule has 162 valence electrons. The fourth-order valence-electron chi connectivity index (χ4n) is 3.39. The Kier molecular flexibility index (Phi) is 7.75. The minimum Gasteiger partial charge on any atom is -0.633 e. The van der Waals surface area contributed by atoms with E-state index < -0.39 is 0 Å². The molecule has 0 saturated heterocycles. The molecule has 0 fully saturated rings. The third-order valence-corrected chi connectivity index (χ3v) is 5.15. The third-order valence-electron chi connectivity index (χ3n) is 4.97. The first-order chi connectivity index (χ1) is 14.9. The minimum atomic E-state index is -0.384. The average molecular weight is 438 g/mol. The second kappa shape index (κ2) is 10.5. The van der Waals surface area contributed by atoms with E-state index in [4.69, 9.17) is 16.3 Å². The Morgan fingerprint density at radius 1 is 0.871 bits per heavy atom. The fourth-order valence-corrected chi connectivity index (χ4v) is 3.58. The number of aromatic hydroxyl groups is 1. The van der Waals surface area contributed by atoms with E-state index in [9.17, 15) is 10.3 Å². The van der Waals surface area contributed by atoms with Crippen LogP contribution in [-0.2, 0) is 0 Å². The normalized spacial score (nSPS) is 12.4. The molecule has 0 aliphatic carbocycles. The molecular weight excluding hydrogens is 410 g/mol. The van der Waals surface area contributed by atoms with Crippen LogP contribution in [0.2, 0.25) is 0 Å². The van der Waals surface area contributed by atoms with Gasteiger partial charge in [-0.1, -0.05) is 54.6 Å². The Balaban J connectivity index is 2.01. The number of halogens is 1. The Morgan fingerprint density at radius 3 is 2.00 bits per heavy atom. The van der Waals surface area contributed by atoms with Gasteiger partial charge in [-0.3, -0.25) is 0 Å². The molecule has 0 aliphatic heterocycles. The van der Waals surface area contributed by atoms with Crippen molar-refractivity contribution in [2.45, 2.75) is 6.42 Å². The number of alkyl halides is 1. The summed E-state index contributed by atoms with van der Waals surface area (Å²) in [5.74, 6) is 1.45. The Labute approximate surface area is 189 Å². The maximum absolute atomic E-state index is 11.7. The molecule has 3 rings (SSSR count). The molecule has 0 radical (unpaired) electrons. The lowest BCUT2D eigenvalue weighted by molar-refractivity contribution is -0.840. The smallest absolute Gasteiger partial charge is 0.137 e. The maximum Gasteiger partial charge on any atom is 0.137 e. The number of hydrogen-bond donors (Lipinski definition) is 1. The molecule has 0 unspecified atom stereocenters. The van der Waals surface area contributed by atoms with E-state index in [1.807, 2.05) is 54.6 Å². The van der Waals surface area contributed by atoms with Gasteiger partial charge in [0.15, 0.2) is 0 Å². The molecule has 31 heavy (non-hydrogen) atoms. The Bertz CT molecular complexity index is 992. The molecule has 1 N–H and O–H groups in total. The summed E-state index contributed by atoms with van der Waals surface area (Å²) in [5, 5.41) is 21.5. The quantitative estimate of drug-likeness (QED) is 0.195. The molecule has 0 amide bonds. The number of allylic oxidation sites excluding steroid dienone is 1. The number of likely N-dealkylation sites (N-methyl/N-ethyl adjacent to an activating group) is 1. The van der Waals surface area contributed by atoms with Crippen molar-refractivity contribution in [3.63, 3.8) is 0 Å². The summed E-state index contributed by atoms with van der Waals surface area (Å²) in [7, 11) is 3.20. The van der Waals surface area contributed by atoms with E-state index in [1.165, 1.54) is 0 Å². The van der Waals surface area contributed by atoms with Gasteiger partial charge >= 0.3 is 0 Å². The zero-order valence-electron chi connectivity index (χ0n) is 17.9. The van der Waals surface area contributed by atoms with Gasteiger partial charge < -0.3 is 19.7 Å². The topological polar surface area (TPSA) is 52.5 Å². The highest BCUT2D eigenvalue weighted by Gasteiger charge is 2.14. The molecule has 0 atom stereocenters. The monoisotopic (exact) mass is 437 g/mol. The summed E-state index contributed by atoms with van der Waals surface area (Å²) in [6.45, 7) is 0.742. The van der Waals surface area contributed by atoms with Crippen LogP contribution in [0.3, 0.4) is 0 Å². The summed E-state index contributed by atoms with van der Waals surface area (Å²) in [6.07, 6.45) is 0.705. The second-order valence-corrected chi connectivity index (χ2v) is 8.25. The van der Waals surface area contributed by atoms with Crippen molar-refractivity contribution in [3.05, 3.63) is 101 Å². The van der Waals surface area contributed by atoms with Gasteiger partial charge in [0, 0.05) is 5.88 Å². The molecule has 5 heteroatoms. The molecule has 3 aromatic rings. The molecule has 0 bridgehead atoms. The molecule has 0 aromatic heterocycles. The minimum absolute atomic E-state index is 0.227. The Hall–Kier alpha value is -2.79. The van der Waals surface area contributed by atoms with Gasteiger partial charge in [0.1, 0.15) is 24.7 Å². The summed E-state index contributed by atoms with van der Waals surface area (Å²) < 4.78 is 5.36. The molecule has 0 spiro atoms. The van der Waals surface area contributed by atoms with E-state index in [0.29, 0.717) is 25.5 Å². The molecule has 0 aliphatic rings. The molecule has 3 aromatic carbocycles. The van der Waals surface area contributed by atoms with Crippen molar-refractivity contribution < 1.29 is 14.5 Å². The largest absolute Gasteiger partial charge is 0.633 e. The van der Waals surface area contributed by atoms with Crippen LogP contribution in [0.15, 0.2) is 78.9 Å². The molecule has 0 heterocycles. The molecular formula is C26H28ClNO3. The van der Waals surface area contributed by atoms with Crippen molar-refractivity contribution in [2.24, 2.45) is 0 Å². The number of nitrogens with zero attached hydrogens (tertiary/aromatic N) is 1. The van der Waals surface area contributed by atoms with E-state index in [2.05, 4.69) is 12.1 Å². The number of rotatable bonds is 9. The van der Waals surface area contributed by atoms with Crippen LogP contribution in [0.4, 0.5) is 0 Å². The highest BCUT2D eigenvalue weighted by atomic mass is 35.5.